The van der Waals surface area contributed by atoms with Crippen LogP contribution in [0.15, 0.2) is 53.2 Å². The van der Waals surface area contributed by atoms with Crippen molar-refractivity contribution >= 4 is 6.21 Å². The average molecular weight is 322 g/mol. The molecule has 1 aromatic carbocycles. The van der Waals surface area contributed by atoms with Gasteiger partial charge in [0.05, 0.1) is 6.21 Å². The number of hydrazone groups is 1. The Morgan fingerprint density at radius 1 is 1.08 bits per heavy atom. The summed E-state index contributed by atoms with van der Waals surface area (Å²) in [6.07, 6.45) is 15.3. The SMILES string of the molecule is CC(C)(C)C1=CC=CC1c1ccccc1C=NNC1CCCCC1. The van der Waals surface area contributed by atoms with Gasteiger partial charge in [-0.1, -0.05) is 88.1 Å². The molecule has 2 aliphatic rings. The molecule has 0 spiro atoms. The van der Waals surface area contributed by atoms with Crippen LogP contribution in [0.5, 0.6) is 0 Å². The smallest absolute Gasteiger partial charge is 0.0543 e. The molecular formula is C22H30N2. The van der Waals surface area contributed by atoms with Gasteiger partial charge in [-0.05, 0) is 29.4 Å². The van der Waals surface area contributed by atoms with E-state index in [1.807, 2.05) is 6.21 Å². The fourth-order valence-electron chi connectivity index (χ4n) is 3.82. The molecule has 2 aliphatic carbocycles. The maximum Gasteiger partial charge on any atom is 0.0543 e. The standard InChI is InChI=1S/C22H30N2/c1-22(2,3)21-15-9-14-20(21)19-13-8-7-10-17(19)16-23-24-18-11-5-4-6-12-18/h7-10,13-16,18,20,24H,4-6,11-12H2,1-3H3. The minimum Gasteiger partial charge on any atom is -0.307 e. The molecule has 1 aromatic rings. The Kier molecular flexibility index (Phi) is 5.23. The van der Waals surface area contributed by atoms with Gasteiger partial charge >= 0.3 is 0 Å². The highest BCUT2D eigenvalue weighted by Gasteiger charge is 2.27. The third kappa shape index (κ3) is 3.98. The zero-order chi connectivity index (χ0) is 17.0. The zero-order valence-corrected chi connectivity index (χ0v) is 15.3. The number of nitrogens with one attached hydrogen (secondary N) is 1. The summed E-state index contributed by atoms with van der Waals surface area (Å²) in [5.74, 6) is 0.363. The van der Waals surface area contributed by atoms with Crippen molar-refractivity contribution in [2.45, 2.75) is 64.8 Å². The van der Waals surface area contributed by atoms with Crippen molar-refractivity contribution in [3.63, 3.8) is 0 Å². The highest BCUT2D eigenvalue weighted by Crippen LogP contribution is 2.41. The number of hydrogen-bond acceptors (Lipinski definition) is 2. The molecule has 2 nitrogen and oxygen atoms in total. The van der Waals surface area contributed by atoms with Crippen LogP contribution in [0.2, 0.25) is 0 Å². The van der Waals surface area contributed by atoms with Gasteiger partial charge in [-0.3, -0.25) is 0 Å². The van der Waals surface area contributed by atoms with Gasteiger partial charge in [0, 0.05) is 12.0 Å². The summed E-state index contributed by atoms with van der Waals surface area (Å²) in [6, 6.07) is 9.20. The second kappa shape index (κ2) is 7.38. The first-order chi connectivity index (χ1) is 11.6. The van der Waals surface area contributed by atoms with Crippen LogP contribution in [0, 0.1) is 5.41 Å². The first-order valence-corrected chi connectivity index (χ1v) is 9.32. The van der Waals surface area contributed by atoms with Crippen LogP contribution < -0.4 is 5.43 Å². The molecule has 1 N–H and O–H groups in total. The Hall–Kier alpha value is -1.83. The molecule has 2 heteroatoms. The molecule has 0 heterocycles. The van der Waals surface area contributed by atoms with Crippen LogP contribution in [-0.4, -0.2) is 12.3 Å². The Bertz CT molecular complexity index is 640. The highest BCUT2D eigenvalue weighted by atomic mass is 15.3. The summed E-state index contributed by atoms with van der Waals surface area (Å²) in [4.78, 5) is 0. The molecule has 3 rings (SSSR count). The predicted octanol–water partition coefficient (Wildman–Crippen LogP) is 5.57. The number of benzene rings is 1. The van der Waals surface area contributed by atoms with Crippen LogP contribution in [-0.2, 0) is 0 Å². The molecule has 1 atom stereocenters. The molecule has 24 heavy (non-hydrogen) atoms. The van der Waals surface area contributed by atoms with Gasteiger partial charge in [0.2, 0.25) is 0 Å². The molecule has 0 aromatic heterocycles. The third-order valence-electron chi connectivity index (χ3n) is 5.18. The molecule has 1 saturated carbocycles. The van der Waals surface area contributed by atoms with Gasteiger partial charge in [0.25, 0.3) is 0 Å². The normalized spacial score (nSPS) is 22.1. The van der Waals surface area contributed by atoms with Gasteiger partial charge in [0.1, 0.15) is 0 Å². The summed E-state index contributed by atoms with van der Waals surface area (Å²) in [7, 11) is 0. The summed E-state index contributed by atoms with van der Waals surface area (Å²) < 4.78 is 0. The molecule has 0 bridgehead atoms. The van der Waals surface area contributed by atoms with Crippen LogP contribution in [0.4, 0.5) is 0 Å². The lowest BCUT2D eigenvalue weighted by molar-refractivity contribution is 0.381. The lowest BCUT2D eigenvalue weighted by Crippen LogP contribution is -2.26. The Morgan fingerprint density at radius 3 is 2.58 bits per heavy atom. The predicted molar refractivity (Wildman–Crippen MR) is 103 cm³/mol. The molecule has 1 fully saturated rings. The van der Waals surface area contributed by atoms with Gasteiger partial charge in [0.15, 0.2) is 0 Å². The summed E-state index contributed by atoms with van der Waals surface area (Å²) in [5.41, 5.74) is 7.59. The van der Waals surface area contributed by atoms with Crippen molar-refractivity contribution in [1.29, 1.82) is 0 Å². The lowest BCUT2D eigenvalue weighted by Gasteiger charge is -2.27. The highest BCUT2D eigenvalue weighted by molar-refractivity contribution is 5.82. The lowest BCUT2D eigenvalue weighted by atomic mass is 9.77. The molecular weight excluding hydrogens is 292 g/mol. The van der Waals surface area contributed by atoms with E-state index in [0.717, 1.165) is 0 Å². The Labute approximate surface area is 146 Å². The number of nitrogens with zero attached hydrogens (tertiary/aromatic N) is 1. The summed E-state index contributed by atoms with van der Waals surface area (Å²) >= 11 is 0. The molecule has 1 unspecified atom stereocenters. The van der Waals surface area contributed by atoms with E-state index in [4.69, 9.17) is 0 Å². The minimum absolute atomic E-state index is 0.179. The Morgan fingerprint density at radius 2 is 1.83 bits per heavy atom. The van der Waals surface area contributed by atoms with Gasteiger partial charge in [-0.2, -0.15) is 5.10 Å². The number of allylic oxidation sites excluding steroid dienone is 4. The van der Waals surface area contributed by atoms with Gasteiger partial charge in [-0.15, -0.1) is 0 Å². The maximum absolute atomic E-state index is 4.57. The zero-order valence-electron chi connectivity index (χ0n) is 15.3. The molecule has 128 valence electrons. The molecule has 0 aliphatic heterocycles. The first-order valence-electron chi connectivity index (χ1n) is 9.32. The maximum atomic E-state index is 4.57. The topological polar surface area (TPSA) is 24.4 Å². The average Bonchev–Trinajstić information content (AvgIpc) is 3.06. The van der Waals surface area contributed by atoms with Crippen molar-refractivity contribution in [2.24, 2.45) is 10.5 Å². The van der Waals surface area contributed by atoms with Crippen molar-refractivity contribution < 1.29 is 0 Å². The fourth-order valence-corrected chi connectivity index (χ4v) is 3.82. The van der Waals surface area contributed by atoms with Crippen molar-refractivity contribution in [2.75, 3.05) is 0 Å². The number of rotatable bonds is 4. The largest absolute Gasteiger partial charge is 0.307 e. The Balaban J connectivity index is 1.76. The van der Waals surface area contributed by atoms with Crippen LogP contribution in [0.3, 0.4) is 0 Å². The van der Waals surface area contributed by atoms with E-state index in [2.05, 4.69) is 73.8 Å². The van der Waals surface area contributed by atoms with E-state index in [-0.39, 0.29) is 5.41 Å². The monoisotopic (exact) mass is 322 g/mol. The van der Waals surface area contributed by atoms with Crippen molar-refractivity contribution in [3.8, 4) is 0 Å². The fraction of sp³-hybridized carbons (Fsp3) is 0.500. The number of hydrogen-bond donors (Lipinski definition) is 1. The second-order valence-corrected chi connectivity index (χ2v) is 8.09. The summed E-state index contributed by atoms with van der Waals surface area (Å²) in [5, 5.41) is 4.57. The first kappa shape index (κ1) is 17.0. The van der Waals surface area contributed by atoms with E-state index in [1.165, 1.54) is 48.8 Å². The van der Waals surface area contributed by atoms with E-state index in [1.54, 1.807) is 0 Å². The third-order valence-corrected chi connectivity index (χ3v) is 5.18. The van der Waals surface area contributed by atoms with Crippen LogP contribution >= 0.6 is 0 Å². The quantitative estimate of drug-likeness (QED) is 0.569. The van der Waals surface area contributed by atoms with E-state index < -0.39 is 0 Å². The molecule has 0 radical (unpaired) electrons. The van der Waals surface area contributed by atoms with Crippen molar-refractivity contribution in [1.82, 2.24) is 5.43 Å². The summed E-state index contributed by atoms with van der Waals surface area (Å²) in [6.45, 7) is 6.88. The molecule has 0 amide bonds. The second-order valence-electron chi connectivity index (χ2n) is 8.09. The van der Waals surface area contributed by atoms with Crippen LogP contribution in [0.25, 0.3) is 0 Å². The van der Waals surface area contributed by atoms with Gasteiger partial charge < -0.3 is 5.43 Å². The molecule has 0 saturated heterocycles. The minimum atomic E-state index is 0.179. The van der Waals surface area contributed by atoms with Crippen LogP contribution in [0.1, 0.15) is 69.9 Å². The van der Waals surface area contributed by atoms with E-state index in [9.17, 15) is 0 Å². The van der Waals surface area contributed by atoms with E-state index >= 15 is 0 Å². The van der Waals surface area contributed by atoms with E-state index in [0.29, 0.717) is 12.0 Å². The van der Waals surface area contributed by atoms with Crippen molar-refractivity contribution in [3.05, 3.63) is 59.2 Å². The van der Waals surface area contributed by atoms with Gasteiger partial charge in [-0.25, -0.2) is 0 Å².